The SMILES string of the molecule is Cc1oc(=O)oc1COC(=O)[C@@]1(C)[C@@H]2CC[C@]3(C)[C@H](C(=O)C=C4[C@@H]5C[C@@](C)(C(=O)OC(=O)C(F)(F)F)CC[C@]5(C)CC[C@]43C)[C@@]2(C)CC[C@@H]1N. The van der Waals surface area contributed by atoms with E-state index in [1.165, 1.54) is 0 Å². The molecule has 0 bridgehead atoms. The second-order valence-corrected chi connectivity index (χ2v) is 17.4. The Hall–Kier alpha value is -3.22. The molecule has 0 amide bonds. The monoisotopic (exact) mass is 707 g/mol. The molecular formula is C37H48F3NO9. The number of fused-ring (bicyclic) bond motifs is 7. The van der Waals surface area contributed by atoms with Crippen LogP contribution in [-0.4, -0.2) is 35.9 Å². The van der Waals surface area contributed by atoms with Crippen molar-refractivity contribution in [3.8, 4) is 0 Å². The summed E-state index contributed by atoms with van der Waals surface area (Å²) in [5.41, 5.74) is 3.23. The van der Waals surface area contributed by atoms with Crippen LogP contribution in [-0.2, 0) is 35.3 Å². The van der Waals surface area contributed by atoms with Gasteiger partial charge in [-0.1, -0.05) is 33.3 Å². The topological polar surface area (TPSA) is 156 Å². The van der Waals surface area contributed by atoms with Gasteiger partial charge in [-0.2, -0.15) is 13.2 Å². The molecule has 1 aromatic heterocycles. The first-order valence-electron chi connectivity index (χ1n) is 17.6. The number of ketones is 1. The molecule has 0 spiro atoms. The molecule has 10 nitrogen and oxygen atoms in total. The highest BCUT2D eigenvalue weighted by molar-refractivity contribution is 5.96. The summed E-state index contributed by atoms with van der Waals surface area (Å²) in [6.07, 6.45) is 1.34. The maximum Gasteiger partial charge on any atom is 0.519 e. The van der Waals surface area contributed by atoms with Crippen LogP contribution >= 0.6 is 0 Å². The van der Waals surface area contributed by atoms with Gasteiger partial charge in [-0.05, 0) is 118 Å². The Kier molecular flexibility index (Phi) is 8.33. The van der Waals surface area contributed by atoms with Crippen LogP contribution in [0.2, 0.25) is 0 Å². The van der Waals surface area contributed by atoms with Gasteiger partial charge in [0.05, 0.1) is 10.8 Å². The number of hydrogen-bond acceptors (Lipinski definition) is 10. The molecule has 276 valence electrons. The number of aryl methyl sites for hydroxylation is 1. The molecule has 6 rings (SSSR count). The highest BCUT2D eigenvalue weighted by Gasteiger charge is 2.72. The van der Waals surface area contributed by atoms with Gasteiger partial charge in [0.1, 0.15) is 0 Å². The van der Waals surface area contributed by atoms with Gasteiger partial charge in [-0.3, -0.25) is 14.4 Å². The van der Waals surface area contributed by atoms with Crippen molar-refractivity contribution in [3.63, 3.8) is 0 Å². The highest BCUT2D eigenvalue weighted by atomic mass is 19.4. The number of nitrogens with two attached hydrogens (primary N) is 1. The zero-order valence-corrected chi connectivity index (χ0v) is 29.8. The smallest absolute Gasteiger partial charge is 0.457 e. The molecule has 5 aliphatic carbocycles. The third kappa shape index (κ3) is 5.10. The van der Waals surface area contributed by atoms with Crippen molar-refractivity contribution in [2.45, 2.75) is 125 Å². The number of ether oxygens (including phenoxy) is 2. The summed E-state index contributed by atoms with van der Waals surface area (Å²) >= 11 is 0. The summed E-state index contributed by atoms with van der Waals surface area (Å²) in [5, 5.41) is 0. The van der Waals surface area contributed by atoms with Crippen molar-refractivity contribution in [1.82, 2.24) is 0 Å². The number of hydrogen-bond donors (Lipinski definition) is 1. The van der Waals surface area contributed by atoms with Crippen LogP contribution in [0.15, 0.2) is 25.3 Å². The standard InChI is InChI=1S/C37H48F3NO9/c1-19-23(49-30(46)48-19)18-47-28(44)36(7)24-8-11-35(6)26(33(24,4)10-9-25(36)41)22(42)16-20-21-17-32(3,27(43)50-29(45)37(38,39)40)13-12-31(21,2)14-15-34(20,35)5/h16,21,24-26H,8-15,17-18,41H2,1-7H3/t21-,24+,25-,26+,31+,32-,33-,34+,35+,36-/m0/s1. The van der Waals surface area contributed by atoms with Gasteiger partial charge in [-0.15, -0.1) is 0 Å². The predicted octanol–water partition coefficient (Wildman–Crippen LogP) is 6.50. The lowest BCUT2D eigenvalue weighted by atomic mass is 9.33. The van der Waals surface area contributed by atoms with Crippen LogP contribution in [0.1, 0.15) is 111 Å². The van der Waals surface area contributed by atoms with Crippen molar-refractivity contribution in [1.29, 1.82) is 0 Å². The van der Waals surface area contributed by atoms with Crippen LogP contribution in [0.25, 0.3) is 0 Å². The molecule has 0 radical (unpaired) electrons. The Bertz CT molecular complexity index is 1730. The maximum absolute atomic E-state index is 14.7. The number of halogens is 3. The van der Waals surface area contributed by atoms with Gasteiger partial charge in [0.2, 0.25) is 0 Å². The minimum absolute atomic E-state index is 0.0551. The van der Waals surface area contributed by atoms with Gasteiger partial charge < -0.3 is 24.0 Å². The zero-order valence-electron chi connectivity index (χ0n) is 29.8. The molecule has 0 aliphatic heterocycles. The summed E-state index contributed by atoms with van der Waals surface area (Å²) in [7, 11) is 0. The quantitative estimate of drug-likeness (QED) is 0.271. The lowest BCUT2D eigenvalue weighted by Gasteiger charge is -2.70. The lowest BCUT2D eigenvalue weighted by Crippen LogP contribution is -2.69. The normalized spacial score (nSPS) is 42.6. The molecule has 10 atom stereocenters. The van der Waals surface area contributed by atoms with E-state index in [1.54, 1.807) is 19.9 Å². The summed E-state index contributed by atoms with van der Waals surface area (Å²) < 4.78 is 59.1. The van der Waals surface area contributed by atoms with Crippen molar-refractivity contribution in [3.05, 3.63) is 33.8 Å². The third-order valence-corrected chi connectivity index (χ3v) is 14.8. The van der Waals surface area contributed by atoms with E-state index >= 15 is 0 Å². The van der Waals surface area contributed by atoms with Crippen LogP contribution in [0.4, 0.5) is 13.2 Å². The molecule has 1 heterocycles. The molecule has 2 N–H and O–H groups in total. The van der Waals surface area contributed by atoms with E-state index in [9.17, 15) is 37.1 Å². The first-order chi connectivity index (χ1) is 23.0. The van der Waals surface area contributed by atoms with Crippen molar-refractivity contribution < 1.29 is 50.7 Å². The Labute approximate surface area is 289 Å². The highest BCUT2D eigenvalue weighted by Crippen LogP contribution is 2.75. The third-order valence-electron chi connectivity index (χ3n) is 14.8. The largest absolute Gasteiger partial charge is 0.519 e. The minimum atomic E-state index is -5.29. The lowest BCUT2D eigenvalue weighted by molar-refractivity contribution is -0.208. The summed E-state index contributed by atoms with van der Waals surface area (Å²) in [5.74, 6) is -5.88. The van der Waals surface area contributed by atoms with Crippen LogP contribution in [0, 0.1) is 57.2 Å². The van der Waals surface area contributed by atoms with E-state index in [4.69, 9.17) is 19.3 Å². The van der Waals surface area contributed by atoms with E-state index < -0.39 is 68.9 Å². The van der Waals surface area contributed by atoms with Gasteiger partial charge in [0, 0.05) is 12.0 Å². The van der Waals surface area contributed by atoms with Gasteiger partial charge in [0.25, 0.3) is 0 Å². The molecule has 13 heteroatoms. The van der Waals surface area contributed by atoms with Gasteiger partial charge in [0.15, 0.2) is 23.9 Å². The molecule has 0 unspecified atom stereocenters. The predicted molar refractivity (Wildman–Crippen MR) is 171 cm³/mol. The van der Waals surface area contributed by atoms with Crippen molar-refractivity contribution in [2.75, 3.05) is 0 Å². The Morgan fingerprint density at radius 1 is 0.920 bits per heavy atom. The molecule has 0 saturated heterocycles. The van der Waals surface area contributed by atoms with Crippen LogP contribution < -0.4 is 11.6 Å². The minimum Gasteiger partial charge on any atom is -0.457 e. The zero-order chi connectivity index (χ0) is 37.0. The Morgan fingerprint density at radius 3 is 2.20 bits per heavy atom. The number of carbonyl (C=O) groups excluding carboxylic acids is 4. The number of rotatable bonds is 4. The molecule has 4 saturated carbocycles. The first-order valence-corrected chi connectivity index (χ1v) is 17.6. The van der Waals surface area contributed by atoms with Gasteiger partial charge in [-0.25, -0.2) is 9.59 Å². The van der Waals surface area contributed by atoms with Crippen molar-refractivity contribution in [2.24, 2.45) is 56.0 Å². The Balaban J connectivity index is 1.33. The van der Waals surface area contributed by atoms with Gasteiger partial charge >= 0.3 is 29.9 Å². The summed E-state index contributed by atoms with van der Waals surface area (Å²) in [6.45, 7) is 13.2. The second kappa shape index (κ2) is 11.4. The second-order valence-electron chi connectivity index (χ2n) is 17.4. The average molecular weight is 708 g/mol. The Morgan fingerprint density at radius 2 is 1.58 bits per heavy atom. The van der Waals surface area contributed by atoms with E-state index in [-0.39, 0.29) is 54.0 Å². The molecule has 5 aliphatic rings. The molecule has 0 aromatic carbocycles. The van der Waals surface area contributed by atoms with E-state index in [0.29, 0.717) is 32.1 Å². The fourth-order valence-corrected chi connectivity index (χ4v) is 11.4. The van der Waals surface area contributed by atoms with Crippen LogP contribution in [0.5, 0.6) is 0 Å². The molecular weight excluding hydrogens is 659 g/mol. The summed E-state index contributed by atoms with van der Waals surface area (Å²) in [6, 6.07) is -0.533. The molecule has 1 aromatic rings. The fraction of sp³-hybridized carbons (Fsp3) is 0.757. The van der Waals surface area contributed by atoms with E-state index in [0.717, 1.165) is 18.4 Å². The van der Waals surface area contributed by atoms with Crippen molar-refractivity contribution >= 4 is 23.7 Å². The molecule has 50 heavy (non-hydrogen) atoms. The van der Waals surface area contributed by atoms with E-state index in [1.807, 2.05) is 6.92 Å². The molecule has 4 fully saturated rings. The number of carbonyl (C=O) groups is 4. The number of alkyl halides is 3. The fourth-order valence-electron chi connectivity index (χ4n) is 11.4. The first kappa shape index (κ1) is 36.6. The number of allylic oxidation sites excluding steroid dienone is 2. The number of esters is 3. The van der Waals surface area contributed by atoms with Crippen LogP contribution in [0.3, 0.4) is 0 Å². The van der Waals surface area contributed by atoms with E-state index in [2.05, 4.69) is 32.4 Å². The summed E-state index contributed by atoms with van der Waals surface area (Å²) in [4.78, 5) is 65.0. The maximum atomic E-state index is 14.7. The average Bonchev–Trinajstić information content (AvgIpc) is 3.35.